The molecule has 0 bridgehead atoms. The Balaban J connectivity index is 2.69. The highest BCUT2D eigenvalue weighted by atomic mass is 32.1. The SMILES string of the molecule is COCCn1c(=S)[nH]c2ccc(O)cc2c1=O. The lowest BCUT2D eigenvalue weighted by molar-refractivity contribution is 0.185. The Labute approximate surface area is 102 Å². The lowest BCUT2D eigenvalue weighted by atomic mass is 10.2. The summed E-state index contributed by atoms with van der Waals surface area (Å²) < 4.78 is 6.69. The van der Waals surface area contributed by atoms with Gasteiger partial charge in [0.25, 0.3) is 5.56 Å². The average molecular weight is 252 g/mol. The average Bonchev–Trinajstić information content (AvgIpc) is 2.30. The molecule has 5 nitrogen and oxygen atoms in total. The largest absolute Gasteiger partial charge is 0.508 e. The number of ether oxygens (including phenoxy) is 1. The second-order valence-corrected chi connectivity index (χ2v) is 4.00. The van der Waals surface area contributed by atoms with E-state index in [0.29, 0.717) is 28.8 Å². The molecular weight excluding hydrogens is 240 g/mol. The van der Waals surface area contributed by atoms with Gasteiger partial charge in [-0.15, -0.1) is 0 Å². The fourth-order valence-electron chi connectivity index (χ4n) is 1.62. The number of nitrogens with one attached hydrogen (secondary N) is 1. The van der Waals surface area contributed by atoms with E-state index in [4.69, 9.17) is 17.0 Å². The van der Waals surface area contributed by atoms with Crippen molar-refractivity contribution in [2.75, 3.05) is 13.7 Å². The molecule has 1 aromatic carbocycles. The number of rotatable bonds is 3. The van der Waals surface area contributed by atoms with Gasteiger partial charge in [0.05, 0.1) is 24.1 Å². The van der Waals surface area contributed by atoms with Crippen molar-refractivity contribution in [1.29, 1.82) is 0 Å². The standard InChI is InChI=1S/C11H12N2O3S/c1-16-5-4-13-10(15)8-6-7(14)2-3-9(8)12-11(13)17/h2-3,6,14H,4-5H2,1H3,(H,12,17). The molecule has 0 spiro atoms. The monoisotopic (exact) mass is 252 g/mol. The van der Waals surface area contributed by atoms with Crippen LogP contribution < -0.4 is 5.56 Å². The molecule has 17 heavy (non-hydrogen) atoms. The lowest BCUT2D eigenvalue weighted by Crippen LogP contribution is -2.24. The smallest absolute Gasteiger partial charge is 0.262 e. The van der Waals surface area contributed by atoms with Gasteiger partial charge in [-0.2, -0.15) is 0 Å². The minimum Gasteiger partial charge on any atom is -0.508 e. The van der Waals surface area contributed by atoms with E-state index >= 15 is 0 Å². The van der Waals surface area contributed by atoms with Crippen molar-refractivity contribution in [3.63, 3.8) is 0 Å². The number of nitrogens with zero attached hydrogens (tertiary/aromatic N) is 1. The molecular formula is C11H12N2O3S. The van der Waals surface area contributed by atoms with Crippen molar-refractivity contribution in [3.8, 4) is 5.75 Å². The Hall–Kier alpha value is -1.66. The summed E-state index contributed by atoms with van der Waals surface area (Å²) in [6.45, 7) is 0.790. The summed E-state index contributed by atoms with van der Waals surface area (Å²) in [6.07, 6.45) is 0. The van der Waals surface area contributed by atoms with E-state index in [-0.39, 0.29) is 11.3 Å². The van der Waals surface area contributed by atoms with Crippen molar-refractivity contribution >= 4 is 23.1 Å². The quantitative estimate of drug-likeness (QED) is 0.810. The summed E-state index contributed by atoms with van der Waals surface area (Å²) >= 11 is 5.10. The maximum Gasteiger partial charge on any atom is 0.262 e. The molecule has 2 rings (SSSR count). The van der Waals surface area contributed by atoms with Gasteiger partial charge in [-0.05, 0) is 30.4 Å². The third-order valence-electron chi connectivity index (χ3n) is 2.48. The second-order valence-electron chi connectivity index (χ2n) is 3.61. The van der Waals surface area contributed by atoms with Gasteiger partial charge in [0.1, 0.15) is 5.75 Å². The Morgan fingerprint density at radius 1 is 1.53 bits per heavy atom. The molecule has 0 fully saturated rings. The minimum atomic E-state index is -0.225. The molecule has 0 saturated carbocycles. The number of aromatic hydroxyl groups is 1. The molecule has 0 aliphatic heterocycles. The van der Waals surface area contributed by atoms with Crippen LogP contribution in [0.3, 0.4) is 0 Å². The van der Waals surface area contributed by atoms with Gasteiger partial charge in [0, 0.05) is 7.11 Å². The number of phenols is 1. The predicted molar refractivity (Wildman–Crippen MR) is 66.9 cm³/mol. The Morgan fingerprint density at radius 3 is 3.00 bits per heavy atom. The van der Waals surface area contributed by atoms with Crippen molar-refractivity contribution < 1.29 is 9.84 Å². The van der Waals surface area contributed by atoms with Crippen LogP contribution in [0.4, 0.5) is 0 Å². The molecule has 1 aromatic heterocycles. The first-order valence-corrected chi connectivity index (χ1v) is 5.49. The molecule has 6 heteroatoms. The topological polar surface area (TPSA) is 67.2 Å². The zero-order valence-corrected chi connectivity index (χ0v) is 10.1. The van der Waals surface area contributed by atoms with Crippen LogP contribution in [-0.2, 0) is 11.3 Å². The van der Waals surface area contributed by atoms with Crippen LogP contribution in [0.1, 0.15) is 0 Å². The first-order chi connectivity index (χ1) is 8.13. The zero-order chi connectivity index (χ0) is 12.4. The molecule has 2 N–H and O–H groups in total. The lowest BCUT2D eigenvalue weighted by Gasteiger charge is -2.07. The van der Waals surface area contributed by atoms with E-state index in [9.17, 15) is 9.90 Å². The fourth-order valence-corrected chi connectivity index (χ4v) is 1.91. The molecule has 90 valence electrons. The summed E-state index contributed by atoms with van der Waals surface area (Å²) in [5.74, 6) is 0.0541. The van der Waals surface area contributed by atoms with Gasteiger partial charge in [-0.25, -0.2) is 0 Å². The third-order valence-corrected chi connectivity index (χ3v) is 2.81. The number of benzene rings is 1. The number of hydrogen-bond donors (Lipinski definition) is 2. The van der Waals surface area contributed by atoms with Gasteiger partial charge in [-0.1, -0.05) is 0 Å². The first kappa shape index (κ1) is 11.8. The predicted octanol–water partition coefficient (Wildman–Crippen LogP) is 1.41. The highest BCUT2D eigenvalue weighted by Crippen LogP contribution is 2.14. The molecule has 1 heterocycles. The highest BCUT2D eigenvalue weighted by molar-refractivity contribution is 7.71. The molecule has 0 aliphatic rings. The number of phenolic OH excluding ortho intramolecular Hbond substituents is 1. The summed E-state index contributed by atoms with van der Waals surface area (Å²) in [5, 5.41) is 9.79. The maximum absolute atomic E-state index is 12.1. The van der Waals surface area contributed by atoms with E-state index in [2.05, 4.69) is 4.98 Å². The number of aromatic amines is 1. The van der Waals surface area contributed by atoms with Gasteiger partial charge in [0.2, 0.25) is 0 Å². The highest BCUT2D eigenvalue weighted by Gasteiger charge is 2.05. The van der Waals surface area contributed by atoms with Crippen LogP contribution >= 0.6 is 12.2 Å². The number of aromatic nitrogens is 2. The molecule has 0 saturated heterocycles. The summed E-state index contributed by atoms with van der Waals surface area (Å²) in [5.41, 5.74) is 0.392. The number of fused-ring (bicyclic) bond motifs is 1. The maximum atomic E-state index is 12.1. The van der Waals surface area contributed by atoms with Gasteiger partial charge >= 0.3 is 0 Å². The molecule has 0 atom stereocenters. The molecule has 2 aromatic rings. The third kappa shape index (κ3) is 2.22. The van der Waals surface area contributed by atoms with Crippen LogP contribution in [0, 0.1) is 4.77 Å². The van der Waals surface area contributed by atoms with Crippen molar-refractivity contribution in [1.82, 2.24) is 9.55 Å². The summed E-state index contributed by atoms with van der Waals surface area (Å²) in [6, 6.07) is 4.56. The van der Waals surface area contributed by atoms with E-state index in [1.165, 1.54) is 16.7 Å². The Kier molecular flexibility index (Phi) is 3.26. The van der Waals surface area contributed by atoms with E-state index < -0.39 is 0 Å². The second kappa shape index (κ2) is 4.68. The Morgan fingerprint density at radius 2 is 2.29 bits per heavy atom. The molecule has 0 aliphatic carbocycles. The van der Waals surface area contributed by atoms with Gasteiger partial charge in [-0.3, -0.25) is 9.36 Å². The van der Waals surface area contributed by atoms with Crippen molar-refractivity contribution in [2.45, 2.75) is 6.54 Å². The molecule has 0 amide bonds. The number of H-pyrrole nitrogens is 1. The normalized spacial score (nSPS) is 10.9. The van der Waals surface area contributed by atoms with Crippen LogP contribution in [0.15, 0.2) is 23.0 Å². The van der Waals surface area contributed by atoms with E-state index in [0.717, 1.165) is 0 Å². The van der Waals surface area contributed by atoms with E-state index in [1.54, 1.807) is 13.2 Å². The molecule has 0 radical (unpaired) electrons. The van der Waals surface area contributed by atoms with Crippen molar-refractivity contribution in [2.24, 2.45) is 0 Å². The fraction of sp³-hybridized carbons (Fsp3) is 0.273. The van der Waals surface area contributed by atoms with Crippen LogP contribution in [-0.4, -0.2) is 28.4 Å². The van der Waals surface area contributed by atoms with Crippen LogP contribution in [0.5, 0.6) is 5.75 Å². The molecule has 0 unspecified atom stereocenters. The first-order valence-electron chi connectivity index (χ1n) is 5.08. The van der Waals surface area contributed by atoms with Crippen LogP contribution in [0.2, 0.25) is 0 Å². The Bertz CT molecular complexity index is 660. The number of hydrogen-bond acceptors (Lipinski definition) is 4. The van der Waals surface area contributed by atoms with Gasteiger partial charge in [0.15, 0.2) is 4.77 Å². The zero-order valence-electron chi connectivity index (χ0n) is 9.27. The summed E-state index contributed by atoms with van der Waals surface area (Å²) in [4.78, 5) is 15.1. The minimum absolute atomic E-state index is 0.0541. The van der Waals surface area contributed by atoms with Gasteiger partial charge < -0.3 is 14.8 Å². The van der Waals surface area contributed by atoms with Crippen LogP contribution in [0.25, 0.3) is 10.9 Å². The number of methoxy groups -OCH3 is 1. The van der Waals surface area contributed by atoms with Crippen molar-refractivity contribution in [3.05, 3.63) is 33.3 Å². The van der Waals surface area contributed by atoms with E-state index in [1.807, 2.05) is 0 Å². The summed E-state index contributed by atoms with van der Waals surface area (Å²) in [7, 11) is 1.56.